The third-order valence-corrected chi connectivity index (χ3v) is 2.76. The fourth-order valence-electron chi connectivity index (χ4n) is 1.76. The van der Waals surface area contributed by atoms with Crippen molar-refractivity contribution in [3.05, 3.63) is 17.7 Å². The van der Waals surface area contributed by atoms with Crippen LogP contribution < -0.4 is 19.5 Å². The minimum absolute atomic E-state index is 0.0597. The van der Waals surface area contributed by atoms with Crippen LogP contribution in [0.4, 0.5) is 13.2 Å². The molecule has 1 N–H and O–H groups in total. The summed E-state index contributed by atoms with van der Waals surface area (Å²) in [5.74, 6) is 1.06. The van der Waals surface area contributed by atoms with Crippen molar-refractivity contribution in [3.8, 4) is 17.2 Å². The van der Waals surface area contributed by atoms with Crippen LogP contribution in [0.3, 0.4) is 0 Å². The molecule has 21 heavy (non-hydrogen) atoms. The maximum atomic E-state index is 12.3. The van der Waals surface area contributed by atoms with Gasteiger partial charge in [-0.2, -0.15) is 13.2 Å². The Morgan fingerprint density at radius 3 is 2.33 bits per heavy atom. The number of ether oxygens (including phenoxy) is 3. The van der Waals surface area contributed by atoms with E-state index in [0.29, 0.717) is 23.6 Å². The quantitative estimate of drug-likeness (QED) is 0.927. The molecule has 1 aromatic carbocycles. The van der Waals surface area contributed by atoms with Crippen molar-refractivity contribution in [1.82, 2.24) is 5.32 Å². The Kier molecular flexibility index (Phi) is 4.22. The molecule has 0 bridgehead atoms. The first-order valence-electron chi connectivity index (χ1n) is 6.51. The van der Waals surface area contributed by atoms with Crippen molar-refractivity contribution in [1.29, 1.82) is 0 Å². The van der Waals surface area contributed by atoms with E-state index in [1.807, 2.05) is 20.8 Å². The van der Waals surface area contributed by atoms with Crippen LogP contribution in [-0.4, -0.2) is 25.1 Å². The molecule has 1 aromatic rings. The highest BCUT2D eigenvalue weighted by Crippen LogP contribution is 2.38. The third kappa shape index (κ3) is 4.70. The van der Waals surface area contributed by atoms with Gasteiger partial charge in [-0.3, -0.25) is 0 Å². The van der Waals surface area contributed by atoms with E-state index in [-0.39, 0.29) is 18.1 Å². The predicted octanol–water partition coefficient (Wildman–Crippen LogP) is 3.24. The maximum Gasteiger partial charge on any atom is 0.422 e. The first-order chi connectivity index (χ1) is 9.64. The van der Waals surface area contributed by atoms with Crippen LogP contribution >= 0.6 is 0 Å². The molecule has 0 atom stereocenters. The van der Waals surface area contributed by atoms with Gasteiger partial charge in [0.2, 0.25) is 6.79 Å². The molecule has 0 saturated heterocycles. The molecule has 4 nitrogen and oxygen atoms in total. The van der Waals surface area contributed by atoms with E-state index >= 15 is 0 Å². The van der Waals surface area contributed by atoms with E-state index in [1.165, 1.54) is 6.07 Å². The van der Waals surface area contributed by atoms with Crippen molar-refractivity contribution in [2.75, 3.05) is 13.4 Å². The first-order valence-corrected chi connectivity index (χ1v) is 6.51. The maximum absolute atomic E-state index is 12.3. The molecule has 1 aliphatic heterocycles. The summed E-state index contributed by atoms with van der Waals surface area (Å²) < 4.78 is 52.3. The van der Waals surface area contributed by atoms with E-state index in [0.717, 1.165) is 0 Å². The second-order valence-corrected chi connectivity index (χ2v) is 5.82. The summed E-state index contributed by atoms with van der Waals surface area (Å²) in [6.45, 7) is 5.00. The second-order valence-electron chi connectivity index (χ2n) is 5.82. The molecule has 7 heteroatoms. The summed E-state index contributed by atoms with van der Waals surface area (Å²) in [5, 5.41) is 3.21. The smallest absolute Gasteiger partial charge is 0.422 e. The zero-order chi connectivity index (χ0) is 15.7. The fraction of sp³-hybridized carbons (Fsp3) is 0.571. The number of hydrogen-bond acceptors (Lipinski definition) is 4. The van der Waals surface area contributed by atoms with E-state index in [4.69, 9.17) is 14.2 Å². The van der Waals surface area contributed by atoms with Gasteiger partial charge in [-0.15, -0.1) is 0 Å². The zero-order valence-corrected chi connectivity index (χ0v) is 12.1. The topological polar surface area (TPSA) is 39.7 Å². The Labute approximate surface area is 121 Å². The Bertz CT molecular complexity index is 464. The molecule has 0 unspecified atom stereocenters. The standard InChI is InChI=1S/C14H18F3NO3/c1-13(2,3)18-6-9-4-11-12(21-8-20-11)5-10(9)19-7-14(15,16)17/h4-5,18H,6-8H2,1-3H3. The van der Waals surface area contributed by atoms with Crippen LogP contribution in [-0.2, 0) is 6.54 Å². The van der Waals surface area contributed by atoms with E-state index in [9.17, 15) is 13.2 Å². The molecule has 0 saturated carbocycles. The third-order valence-electron chi connectivity index (χ3n) is 2.76. The predicted molar refractivity (Wildman–Crippen MR) is 70.7 cm³/mol. The molecule has 0 spiro atoms. The van der Waals surface area contributed by atoms with Crippen LogP contribution in [0.5, 0.6) is 17.2 Å². The number of hydrogen-bond donors (Lipinski definition) is 1. The van der Waals surface area contributed by atoms with Gasteiger partial charge in [0.05, 0.1) is 0 Å². The number of rotatable bonds is 4. The molecule has 118 valence electrons. The van der Waals surface area contributed by atoms with Crippen LogP contribution in [0.2, 0.25) is 0 Å². The molecular formula is C14H18F3NO3. The SMILES string of the molecule is CC(C)(C)NCc1cc2c(cc1OCC(F)(F)F)OCO2. The van der Waals surface area contributed by atoms with E-state index < -0.39 is 12.8 Å². The molecule has 0 amide bonds. The Morgan fingerprint density at radius 2 is 1.76 bits per heavy atom. The summed E-state index contributed by atoms with van der Waals surface area (Å²) in [6, 6.07) is 3.08. The molecule has 0 fully saturated rings. The highest BCUT2D eigenvalue weighted by Gasteiger charge is 2.29. The van der Waals surface area contributed by atoms with Gasteiger partial charge >= 0.3 is 6.18 Å². The molecular weight excluding hydrogens is 287 g/mol. The van der Waals surface area contributed by atoms with Crippen LogP contribution in [0.25, 0.3) is 0 Å². The lowest BCUT2D eigenvalue weighted by Gasteiger charge is -2.22. The van der Waals surface area contributed by atoms with Crippen LogP contribution in [0.15, 0.2) is 12.1 Å². The summed E-state index contributed by atoms with van der Waals surface area (Å²) in [5.41, 5.74) is 0.427. The normalized spacial score (nSPS) is 14.4. The molecule has 1 heterocycles. The van der Waals surface area contributed by atoms with Gasteiger partial charge in [0.25, 0.3) is 0 Å². The molecule has 1 aliphatic rings. The van der Waals surface area contributed by atoms with Gasteiger partial charge in [0.15, 0.2) is 18.1 Å². The largest absolute Gasteiger partial charge is 0.484 e. The Morgan fingerprint density at radius 1 is 1.14 bits per heavy atom. The first kappa shape index (κ1) is 15.8. The van der Waals surface area contributed by atoms with Crippen molar-refractivity contribution >= 4 is 0 Å². The highest BCUT2D eigenvalue weighted by atomic mass is 19.4. The lowest BCUT2D eigenvalue weighted by atomic mass is 10.1. The molecule has 0 aliphatic carbocycles. The number of benzene rings is 1. The Hall–Kier alpha value is -1.63. The van der Waals surface area contributed by atoms with Crippen molar-refractivity contribution < 1.29 is 27.4 Å². The second kappa shape index (κ2) is 5.63. The van der Waals surface area contributed by atoms with Crippen LogP contribution in [0, 0.1) is 0 Å². The molecule has 0 aromatic heterocycles. The minimum Gasteiger partial charge on any atom is -0.484 e. The average Bonchev–Trinajstić information content (AvgIpc) is 2.78. The summed E-state index contributed by atoms with van der Waals surface area (Å²) in [4.78, 5) is 0. The van der Waals surface area contributed by atoms with Crippen LogP contribution in [0.1, 0.15) is 26.3 Å². The van der Waals surface area contributed by atoms with Crippen molar-refractivity contribution in [2.45, 2.75) is 39.0 Å². The summed E-state index contributed by atoms with van der Waals surface area (Å²) in [7, 11) is 0. The lowest BCUT2D eigenvalue weighted by Crippen LogP contribution is -2.35. The van der Waals surface area contributed by atoms with Gasteiger partial charge in [0.1, 0.15) is 5.75 Å². The lowest BCUT2D eigenvalue weighted by molar-refractivity contribution is -0.153. The number of alkyl halides is 3. The highest BCUT2D eigenvalue weighted by molar-refractivity contribution is 5.51. The van der Waals surface area contributed by atoms with Crippen molar-refractivity contribution in [2.24, 2.45) is 0 Å². The van der Waals surface area contributed by atoms with Gasteiger partial charge in [0, 0.05) is 23.7 Å². The summed E-state index contributed by atoms with van der Waals surface area (Å²) >= 11 is 0. The monoisotopic (exact) mass is 305 g/mol. The minimum atomic E-state index is -4.38. The Balaban J connectivity index is 2.19. The van der Waals surface area contributed by atoms with Gasteiger partial charge in [-0.1, -0.05) is 0 Å². The number of nitrogens with one attached hydrogen (secondary N) is 1. The fourth-order valence-corrected chi connectivity index (χ4v) is 1.76. The molecule has 0 radical (unpaired) electrons. The number of fused-ring (bicyclic) bond motifs is 1. The van der Waals surface area contributed by atoms with E-state index in [2.05, 4.69) is 5.32 Å². The van der Waals surface area contributed by atoms with Crippen molar-refractivity contribution in [3.63, 3.8) is 0 Å². The molecule has 2 rings (SSSR count). The number of halogens is 3. The van der Waals surface area contributed by atoms with Gasteiger partial charge in [-0.05, 0) is 26.8 Å². The van der Waals surface area contributed by atoms with Gasteiger partial charge in [-0.25, -0.2) is 0 Å². The average molecular weight is 305 g/mol. The van der Waals surface area contributed by atoms with E-state index in [1.54, 1.807) is 6.07 Å². The zero-order valence-electron chi connectivity index (χ0n) is 12.1. The van der Waals surface area contributed by atoms with Gasteiger partial charge < -0.3 is 19.5 Å². The summed E-state index contributed by atoms with van der Waals surface area (Å²) in [6.07, 6.45) is -4.38.